The summed E-state index contributed by atoms with van der Waals surface area (Å²) in [7, 11) is 0. The van der Waals surface area contributed by atoms with E-state index < -0.39 is 0 Å². The van der Waals surface area contributed by atoms with Crippen LogP contribution in [0.4, 0.5) is 4.39 Å². The van der Waals surface area contributed by atoms with Crippen LogP contribution in [0.25, 0.3) is 5.69 Å². The molecule has 1 aliphatic carbocycles. The summed E-state index contributed by atoms with van der Waals surface area (Å²) in [5.41, 5.74) is 4.52. The maximum absolute atomic E-state index is 13.7. The van der Waals surface area contributed by atoms with Crippen molar-refractivity contribution in [1.29, 1.82) is 0 Å². The second kappa shape index (κ2) is 5.98. The first kappa shape index (κ1) is 14.3. The average molecular weight is 287 g/mol. The van der Waals surface area contributed by atoms with Crippen LogP contribution in [0.15, 0.2) is 24.5 Å². The molecule has 1 aromatic carbocycles. The maximum Gasteiger partial charge on any atom is 0.123 e. The SMILES string of the molecule is CCNC(C)c1cc(F)ccc1-n1cnc2c1CCCC2. The molecular weight excluding hydrogens is 265 g/mol. The molecule has 0 bridgehead atoms. The lowest BCUT2D eigenvalue weighted by Gasteiger charge is -2.20. The van der Waals surface area contributed by atoms with E-state index in [0.29, 0.717) is 0 Å². The minimum atomic E-state index is -0.188. The summed E-state index contributed by atoms with van der Waals surface area (Å²) in [6.07, 6.45) is 6.43. The van der Waals surface area contributed by atoms with Crippen molar-refractivity contribution in [2.75, 3.05) is 6.54 Å². The van der Waals surface area contributed by atoms with Gasteiger partial charge in [0.05, 0.1) is 17.7 Å². The molecule has 2 aromatic rings. The molecule has 0 saturated heterocycles. The Labute approximate surface area is 125 Å². The number of benzene rings is 1. The summed E-state index contributed by atoms with van der Waals surface area (Å²) in [5.74, 6) is -0.188. The van der Waals surface area contributed by atoms with Crippen molar-refractivity contribution in [2.24, 2.45) is 0 Å². The van der Waals surface area contributed by atoms with Crippen LogP contribution in [0.1, 0.15) is 49.7 Å². The van der Waals surface area contributed by atoms with E-state index in [9.17, 15) is 4.39 Å². The molecule has 1 atom stereocenters. The number of aromatic nitrogens is 2. The van der Waals surface area contributed by atoms with Crippen LogP contribution in [0.5, 0.6) is 0 Å². The van der Waals surface area contributed by atoms with Crippen molar-refractivity contribution >= 4 is 0 Å². The maximum atomic E-state index is 13.7. The number of hydrogen-bond acceptors (Lipinski definition) is 2. The molecule has 112 valence electrons. The first-order chi connectivity index (χ1) is 10.2. The van der Waals surface area contributed by atoms with Gasteiger partial charge < -0.3 is 9.88 Å². The smallest absolute Gasteiger partial charge is 0.123 e. The minimum absolute atomic E-state index is 0.113. The van der Waals surface area contributed by atoms with Gasteiger partial charge in [-0.1, -0.05) is 6.92 Å². The first-order valence-electron chi connectivity index (χ1n) is 7.79. The van der Waals surface area contributed by atoms with E-state index in [0.717, 1.165) is 30.6 Å². The zero-order valence-corrected chi connectivity index (χ0v) is 12.7. The number of nitrogens with one attached hydrogen (secondary N) is 1. The van der Waals surface area contributed by atoms with Gasteiger partial charge >= 0.3 is 0 Å². The fourth-order valence-electron chi connectivity index (χ4n) is 3.18. The summed E-state index contributed by atoms with van der Waals surface area (Å²) in [4.78, 5) is 4.55. The lowest BCUT2D eigenvalue weighted by Crippen LogP contribution is -2.20. The Hall–Kier alpha value is -1.68. The first-order valence-corrected chi connectivity index (χ1v) is 7.79. The highest BCUT2D eigenvalue weighted by molar-refractivity contribution is 5.45. The van der Waals surface area contributed by atoms with Crippen LogP contribution in [0.3, 0.4) is 0 Å². The van der Waals surface area contributed by atoms with Crippen molar-refractivity contribution in [3.63, 3.8) is 0 Å². The Balaban J connectivity index is 2.07. The van der Waals surface area contributed by atoms with E-state index >= 15 is 0 Å². The van der Waals surface area contributed by atoms with Crippen LogP contribution < -0.4 is 5.32 Å². The summed E-state index contributed by atoms with van der Waals surface area (Å²) < 4.78 is 15.8. The molecule has 1 aliphatic rings. The summed E-state index contributed by atoms with van der Waals surface area (Å²) in [5, 5.41) is 3.37. The lowest BCUT2D eigenvalue weighted by molar-refractivity contribution is 0.578. The monoisotopic (exact) mass is 287 g/mol. The van der Waals surface area contributed by atoms with Gasteiger partial charge in [0.25, 0.3) is 0 Å². The Kier molecular flexibility index (Phi) is 4.06. The molecule has 3 nitrogen and oxygen atoms in total. The molecular formula is C17H22FN3. The van der Waals surface area contributed by atoms with Gasteiger partial charge in [-0.05, 0) is 62.9 Å². The molecule has 0 radical (unpaired) electrons. The van der Waals surface area contributed by atoms with Gasteiger partial charge in [0, 0.05) is 11.7 Å². The fraction of sp³-hybridized carbons (Fsp3) is 0.471. The highest BCUT2D eigenvalue weighted by atomic mass is 19.1. The van der Waals surface area contributed by atoms with Gasteiger partial charge in [0.15, 0.2) is 0 Å². The zero-order chi connectivity index (χ0) is 14.8. The van der Waals surface area contributed by atoms with E-state index in [1.54, 1.807) is 6.07 Å². The van der Waals surface area contributed by atoms with Gasteiger partial charge in [0.2, 0.25) is 0 Å². The second-order valence-electron chi connectivity index (χ2n) is 5.70. The zero-order valence-electron chi connectivity index (χ0n) is 12.7. The average Bonchev–Trinajstić information content (AvgIpc) is 2.91. The third-order valence-electron chi connectivity index (χ3n) is 4.26. The molecule has 1 aromatic heterocycles. The third kappa shape index (κ3) is 2.72. The Morgan fingerprint density at radius 3 is 2.95 bits per heavy atom. The van der Waals surface area contributed by atoms with Crippen LogP contribution >= 0.6 is 0 Å². The van der Waals surface area contributed by atoms with E-state index in [-0.39, 0.29) is 11.9 Å². The van der Waals surface area contributed by atoms with E-state index in [4.69, 9.17) is 0 Å². The quantitative estimate of drug-likeness (QED) is 0.932. The fourth-order valence-corrected chi connectivity index (χ4v) is 3.18. The number of imidazole rings is 1. The molecule has 0 saturated carbocycles. The summed E-state index contributed by atoms with van der Waals surface area (Å²) in [6, 6.07) is 5.15. The van der Waals surface area contributed by atoms with Crippen molar-refractivity contribution in [2.45, 2.75) is 45.6 Å². The van der Waals surface area contributed by atoms with E-state index in [1.165, 1.54) is 30.3 Å². The molecule has 0 fully saturated rings. The topological polar surface area (TPSA) is 29.9 Å². The van der Waals surface area contributed by atoms with Crippen LogP contribution in [-0.2, 0) is 12.8 Å². The minimum Gasteiger partial charge on any atom is -0.310 e. The van der Waals surface area contributed by atoms with E-state index in [1.807, 2.05) is 12.4 Å². The summed E-state index contributed by atoms with van der Waals surface area (Å²) in [6.45, 7) is 5.00. The molecule has 0 spiro atoms. The van der Waals surface area contributed by atoms with Crippen molar-refractivity contribution in [3.8, 4) is 5.69 Å². The highest BCUT2D eigenvalue weighted by Crippen LogP contribution is 2.28. The molecule has 0 aliphatic heterocycles. The molecule has 21 heavy (non-hydrogen) atoms. The van der Waals surface area contributed by atoms with E-state index in [2.05, 4.69) is 28.7 Å². The second-order valence-corrected chi connectivity index (χ2v) is 5.70. The number of rotatable bonds is 4. The molecule has 0 amide bonds. The third-order valence-corrected chi connectivity index (χ3v) is 4.26. The van der Waals surface area contributed by atoms with Crippen molar-refractivity contribution < 1.29 is 4.39 Å². The molecule has 3 rings (SSSR count). The molecule has 1 unspecified atom stereocenters. The highest BCUT2D eigenvalue weighted by Gasteiger charge is 2.19. The van der Waals surface area contributed by atoms with Gasteiger partial charge in [-0.15, -0.1) is 0 Å². The number of halogens is 1. The Morgan fingerprint density at radius 2 is 2.14 bits per heavy atom. The number of aryl methyl sites for hydroxylation is 1. The molecule has 1 heterocycles. The standard InChI is InChI=1S/C17H22FN3/c1-3-19-12(2)14-10-13(18)8-9-16(14)21-11-20-15-6-4-5-7-17(15)21/h8-12,19H,3-7H2,1-2H3. The number of fused-ring (bicyclic) bond motifs is 1. The van der Waals surface area contributed by atoms with Gasteiger partial charge in [-0.3, -0.25) is 0 Å². The molecule has 4 heteroatoms. The predicted octanol–water partition coefficient (Wildman–Crippen LogP) is 3.56. The number of hydrogen-bond donors (Lipinski definition) is 1. The predicted molar refractivity (Wildman–Crippen MR) is 82.3 cm³/mol. The normalized spacial score (nSPS) is 15.8. The number of nitrogens with zero attached hydrogens (tertiary/aromatic N) is 2. The van der Waals surface area contributed by atoms with Crippen LogP contribution in [0.2, 0.25) is 0 Å². The van der Waals surface area contributed by atoms with Gasteiger partial charge in [-0.2, -0.15) is 0 Å². The lowest BCUT2D eigenvalue weighted by atomic mass is 10.00. The van der Waals surface area contributed by atoms with Gasteiger partial charge in [-0.25, -0.2) is 9.37 Å². The van der Waals surface area contributed by atoms with Crippen molar-refractivity contribution in [3.05, 3.63) is 47.3 Å². The Morgan fingerprint density at radius 1 is 1.33 bits per heavy atom. The Bertz CT molecular complexity index is 633. The van der Waals surface area contributed by atoms with Crippen LogP contribution in [-0.4, -0.2) is 16.1 Å². The largest absolute Gasteiger partial charge is 0.310 e. The summed E-state index contributed by atoms with van der Waals surface area (Å²) >= 11 is 0. The van der Waals surface area contributed by atoms with Gasteiger partial charge in [0.1, 0.15) is 5.82 Å². The van der Waals surface area contributed by atoms with Crippen molar-refractivity contribution in [1.82, 2.24) is 14.9 Å². The molecule has 1 N–H and O–H groups in total. The van der Waals surface area contributed by atoms with Crippen LogP contribution in [0, 0.1) is 5.82 Å².